The topological polar surface area (TPSA) is 94.8 Å². The standard InChI is InChI=1S/C23H18ClFN6O2/c1-2-33-21(32)9-6-15-4-3-5-16(12-15)18-14-26-23(29-22(18)31-11-10-27-30-31)28-17-7-8-20(25)19(24)13-17/h3-14H,2H2,1H3,(H,26,28,29). The van der Waals surface area contributed by atoms with Crippen LogP contribution >= 0.6 is 11.6 Å². The van der Waals surface area contributed by atoms with E-state index < -0.39 is 11.8 Å². The second-order valence-electron chi connectivity index (χ2n) is 6.74. The molecule has 0 saturated heterocycles. The van der Waals surface area contributed by atoms with E-state index in [1.165, 1.54) is 35.2 Å². The van der Waals surface area contributed by atoms with Gasteiger partial charge in [0, 0.05) is 23.5 Å². The largest absolute Gasteiger partial charge is 0.463 e. The van der Waals surface area contributed by atoms with Crippen molar-refractivity contribution in [1.82, 2.24) is 25.0 Å². The normalized spacial score (nSPS) is 11.0. The maximum atomic E-state index is 13.5. The van der Waals surface area contributed by atoms with Gasteiger partial charge in [-0.15, -0.1) is 5.10 Å². The van der Waals surface area contributed by atoms with E-state index >= 15 is 0 Å². The third-order valence-corrected chi connectivity index (χ3v) is 4.77. The Labute approximate surface area is 193 Å². The Bertz CT molecular complexity index is 1310. The number of aromatic nitrogens is 5. The molecule has 1 N–H and O–H groups in total. The van der Waals surface area contributed by atoms with Crippen LogP contribution in [0.25, 0.3) is 23.0 Å². The number of halogens is 2. The highest BCUT2D eigenvalue weighted by atomic mass is 35.5. The molecule has 0 amide bonds. The van der Waals surface area contributed by atoms with Crippen LogP contribution in [0, 0.1) is 5.82 Å². The molecule has 33 heavy (non-hydrogen) atoms. The molecule has 4 rings (SSSR count). The van der Waals surface area contributed by atoms with Crippen LogP contribution in [0.1, 0.15) is 12.5 Å². The number of hydrogen-bond donors (Lipinski definition) is 1. The molecule has 0 bridgehead atoms. The van der Waals surface area contributed by atoms with Gasteiger partial charge in [0.1, 0.15) is 5.82 Å². The van der Waals surface area contributed by atoms with Gasteiger partial charge in [0.05, 0.1) is 24.0 Å². The number of ether oxygens (including phenoxy) is 1. The molecule has 0 spiro atoms. The van der Waals surface area contributed by atoms with Gasteiger partial charge in [-0.3, -0.25) is 0 Å². The molecule has 166 valence electrons. The minimum atomic E-state index is -0.515. The van der Waals surface area contributed by atoms with Crippen LogP contribution in [0.15, 0.2) is 67.1 Å². The van der Waals surface area contributed by atoms with Crippen LogP contribution in [0.2, 0.25) is 5.02 Å². The molecular formula is C23H18ClFN6O2. The first-order valence-electron chi connectivity index (χ1n) is 9.94. The van der Waals surface area contributed by atoms with E-state index in [9.17, 15) is 9.18 Å². The maximum absolute atomic E-state index is 13.5. The molecule has 8 nitrogen and oxygen atoms in total. The van der Waals surface area contributed by atoms with E-state index in [2.05, 4.69) is 25.6 Å². The predicted molar refractivity (Wildman–Crippen MR) is 123 cm³/mol. The summed E-state index contributed by atoms with van der Waals surface area (Å²) in [6, 6.07) is 11.7. The van der Waals surface area contributed by atoms with Crippen LogP contribution in [0.4, 0.5) is 16.0 Å². The molecule has 0 unspecified atom stereocenters. The van der Waals surface area contributed by atoms with Gasteiger partial charge < -0.3 is 10.1 Å². The molecule has 0 aliphatic heterocycles. The Kier molecular flexibility index (Phi) is 6.70. The number of esters is 1. The van der Waals surface area contributed by atoms with E-state index in [0.29, 0.717) is 23.7 Å². The van der Waals surface area contributed by atoms with Crippen molar-refractivity contribution in [2.75, 3.05) is 11.9 Å². The van der Waals surface area contributed by atoms with Crippen LogP contribution < -0.4 is 5.32 Å². The number of carbonyl (C=O) groups excluding carboxylic acids is 1. The molecule has 2 aromatic heterocycles. The third kappa shape index (κ3) is 5.39. The van der Waals surface area contributed by atoms with E-state index in [-0.39, 0.29) is 11.0 Å². The molecule has 0 aliphatic rings. The zero-order valence-corrected chi connectivity index (χ0v) is 18.2. The smallest absolute Gasteiger partial charge is 0.330 e. The first kappa shape index (κ1) is 22.1. The average Bonchev–Trinajstić information content (AvgIpc) is 3.35. The number of nitrogens with one attached hydrogen (secondary N) is 1. The number of carbonyl (C=O) groups is 1. The molecule has 0 radical (unpaired) electrons. The maximum Gasteiger partial charge on any atom is 0.330 e. The lowest BCUT2D eigenvalue weighted by Gasteiger charge is -2.12. The summed E-state index contributed by atoms with van der Waals surface area (Å²) < 4.78 is 19.9. The predicted octanol–water partition coefficient (Wildman–Crippen LogP) is 4.84. The number of anilines is 2. The summed E-state index contributed by atoms with van der Waals surface area (Å²) >= 11 is 5.86. The zero-order valence-electron chi connectivity index (χ0n) is 17.4. The summed E-state index contributed by atoms with van der Waals surface area (Å²) in [6.07, 6.45) is 7.89. The van der Waals surface area contributed by atoms with Crippen molar-refractivity contribution in [3.63, 3.8) is 0 Å². The fraction of sp³-hybridized carbons (Fsp3) is 0.0870. The van der Waals surface area contributed by atoms with Crippen molar-refractivity contribution in [2.45, 2.75) is 6.92 Å². The molecule has 4 aromatic rings. The lowest BCUT2D eigenvalue weighted by molar-refractivity contribution is -0.137. The van der Waals surface area contributed by atoms with Gasteiger partial charge in [0.2, 0.25) is 5.95 Å². The second kappa shape index (κ2) is 10.0. The van der Waals surface area contributed by atoms with Crippen LogP contribution in [0.3, 0.4) is 0 Å². The molecule has 2 heterocycles. The van der Waals surface area contributed by atoms with E-state index in [4.69, 9.17) is 16.3 Å². The Morgan fingerprint density at radius 1 is 1.27 bits per heavy atom. The molecule has 0 saturated carbocycles. The summed E-state index contributed by atoms with van der Waals surface area (Å²) in [6.45, 7) is 2.06. The Morgan fingerprint density at radius 3 is 2.91 bits per heavy atom. The third-order valence-electron chi connectivity index (χ3n) is 4.48. The van der Waals surface area contributed by atoms with Crippen molar-refractivity contribution < 1.29 is 13.9 Å². The number of rotatable bonds is 7. The van der Waals surface area contributed by atoms with Crippen molar-refractivity contribution in [3.8, 4) is 16.9 Å². The van der Waals surface area contributed by atoms with Crippen LogP contribution in [0.5, 0.6) is 0 Å². The minimum absolute atomic E-state index is 0.0131. The van der Waals surface area contributed by atoms with Crippen LogP contribution in [-0.4, -0.2) is 37.5 Å². The van der Waals surface area contributed by atoms with Crippen molar-refractivity contribution >= 4 is 35.3 Å². The molecule has 2 aromatic carbocycles. The first-order valence-corrected chi connectivity index (χ1v) is 10.3. The molecule has 10 heteroatoms. The van der Waals surface area contributed by atoms with Gasteiger partial charge in [-0.1, -0.05) is 35.0 Å². The monoisotopic (exact) mass is 464 g/mol. The Balaban J connectivity index is 1.69. The number of hydrogen-bond acceptors (Lipinski definition) is 7. The van der Waals surface area contributed by atoms with Gasteiger partial charge in [-0.25, -0.2) is 18.9 Å². The zero-order chi connectivity index (χ0) is 23.2. The SMILES string of the molecule is CCOC(=O)C=Cc1cccc(-c2cnc(Nc3ccc(F)c(Cl)c3)nc2-n2ccnn2)c1. The summed E-state index contributed by atoms with van der Waals surface area (Å²) in [5.74, 6) is -0.181. The number of nitrogens with zero attached hydrogens (tertiary/aromatic N) is 5. The van der Waals surface area contributed by atoms with Crippen molar-refractivity contribution in [2.24, 2.45) is 0 Å². The molecule has 0 atom stereocenters. The van der Waals surface area contributed by atoms with Crippen LogP contribution in [-0.2, 0) is 9.53 Å². The van der Waals surface area contributed by atoms with E-state index in [1.54, 1.807) is 25.4 Å². The highest BCUT2D eigenvalue weighted by Crippen LogP contribution is 2.28. The Hall–Kier alpha value is -4.11. The minimum Gasteiger partial charge on any atom is -0.463 e. The first-order chi connectivity index (χ1) is 16.0. The lowest BCUT2D eigenvalue weighted by atomic mass is 10.0. The van der Waals surface area contributed by atoms with Gasteiger partial charge >= 0.3 is 5.97 Å². The number of benzene rings is 2. The second-order valence-corrected chi connectivity index (χ2v) is 7.15. The van der Waals surface area contributed by atoms with E-state index in [0.717, 1.165) is 11.1 Å². The summed E-state index contributed by atoms with van der Waals surface area (Å²) in [7, 11) is 0. The Morgan fingerprint density at radius 2 is 2.15 bits per heavy atom. The fourth-order valence-corrected chi connectivity index (χ4v) is 3.18. The summed E-state index contributed by atoms with van der Waals surface area (Å²) in [5, 5.41) is 10.9. The lowest BCUT2D eigenvalue weighted by Crippen LogP contribution is -2.06. The molecule has 0 fully saturated rings. The summed E-state index contributed by atoms with van der Waals surface area (Å²) in [4.78, 5) is 20.6. The highest BCUT2D eigenvalue weighted by molar-refractivity contribution is 6.31. The van der Waals surface area contributed by atoms with Gasteiger partial charge in [-0.2, -0.15) is 4.98 Å². The van der Waals surface area contributed by atoms with Crippen molar-refractivity contribution in [1.29, 1.82) is 0 Å². The van der Waals surface area contributed by atoms with Gasteiger partial charge in [0.15, 0.2) is 5.82 Å². The highest BCUT2D eigenvalue weighted by Gasteiger charge is 2.13. The van der Waals surface area contributed by atoms with Gasteiger partial charge in [0.25, 0.3) is 0 Å². The summed E-state index contributed by atoms with van der Waals surface area (Å²) in [5.41, 5.74) is 2.83. The van der Waals surface area contributed by atoms with Crippen molar-refractivity contribution in [3.05, 3.63) is 83.5 Å². The fourth-order valence-electron chi connectivity index (χ4n) is 3.00. The van der Waals surface area contributed by atoms with E-state index in [1.807, 2.05) is 24.3 Å². The molecule has 0 aliphatic carbocycles. The average molecular weight is 465 g/mol. The molecular weight excluding hydrogens is 447 g/mol. The van der Waals surface area contributed by atoms with Gasteiger partial charge in [-0.05, 0) is 48.4 Å². The quantitative estimate of drug-likeness (QED) is 0.309.